The smallest absolute Gasteiger partial charge is 0.245 e. The summed E-state index contributed by atoms with van der Waals surface area (Å²) in [5.41, 5.74) is 1.03. The lowest BCUT2D eigenvalue weighted by atomic mass is 9.87. The van der Waals surface area contributed by atoms with Crippen molar-refractivity contribution in [1.82, 2.24) is 14.5 Å². The Balaban J connectivity index is 2.07. The fourth-order valence-corrected chi connectivity index (χ4v) is 4.78. The molecule has 0 aromatic heterocycles. The number of amides is 2. The van der Waals surface area contributed by atoms with E-state index in [9.17, 15) is 18.0 Å². The summed E-state index contributed by atoms with van der Waals surface area (Å²) in [6, 6.07) is 6.42. The van der Waals surface area contributed by atoms with Crippen molar-refractivity contribution in [2.24, 2.45) is 5.92 Å². The highest BCUT2D eigenvalue weighted by molar-refractivity contribution is 7.89. The second kappa shape index (κ2) is 8.83. The van der Waals surface area contributed by atoms with Crippen molar-refractivity contribution in [2.75, 3.05) is 26.2 Å². The zero-order chi connectivity index (χ0) is 22.0. The molecule has 0 radical (unpaired) electrons. The molecule has 0 saturated carbocycles. The highest BCUT2D eigenvalue weighted by atomic mass is 32.2. The van der Waals surface area contributed by atoms with E-state index in [0.717, 1.165) is 5.56 Å². The van der Waals surface area contributed by atoms with Crippen molar-refractivity contribution in [1.29, 1.82) is 0 Å². The zero-order valence-electron chi connectivity index (χ0n) is 18.2. The molecule has 8 heteroatoms. The molecule has 2 amide bonds. The Labute approximate surface area is 174 Å². The van der Waals surface area contributed by atoms with Gasteiger partial charge in [-0.2, -0.15) is 4.31 Å². The van der Waals surface area contributed by atoms with Crippen molar-refractivity contribution < 1.29 is 18.0 Å². The number of hydrogen-bond donors (Lipinski definition) is 1. The van der Waals surface area contributed by atoms with Gasteiger partial charge in [0.1, 0.15) is 6.04 Å². The van der Waals surface area contributed by atoms with Crippen molar-refractivity contribution >= 4 is 21.8 Å². The van der Waals surface area contributed by atoms with E-state index >= 15 is 0 Å². The lowest BCUT2D eigenvalue weighted by Gasteiger charge is -2.36. The largest absolute Gasteiger partial charge is 0.344 e. The van der Waals surface area contributed by atoms with E-state index < -0.39 is 16.1 Å². The van der Waals surface area contributed by atoms with Gasteiger partial charge in [-0.05, 0) is 29.0 Å². The Morgan fingerprint density at radius 3 is 1.93 bits per heavy atom. The molecule has 29 heavy (non-hydrogen) atoms. The number of hydrogen-bond acceptors (Lipinski definition) is 4. The maximum atomic E-state index is 13.0. The Hall–Kier alpha value is -1.93. The molecule has 1 aliphatic heterocycles. The van der Waals surface area contributed by atoms with E-state index in [1.807, 2.05) is 26.0 Å². The minimum Gasteiger partial charge on any atom is -0.344 e. The van der Waals surface area contributed by atoms with Gasteiger partial charge >= 0.3 is 0 Å². The van der Waals surface area contributed by atoms with Crippen molar-refractivity contribution in [3.8, 4) is 0 Å². The predicted molar refractivity (Wildman–Crippen MR) is 113 cm³/mol. The van der Waals surface area contributed by atoms with E-state index in [1.165, 1.54) is 11.2 Å². The SMILES string of the molecule is CC(=O)N[C@@H](C(=O)N1CCN(S(=O)(=O)c2ccc(C(C)(C)C)cc2)CC1)C(C)C. The van der Waals surface area contributed by atoms with Crippen LogP contribution in [-0.2, 0) is 25.0 Å². The molecule has 1 aromatic rings. The van der Waals surface area contributed by atoms with E-state index in [-0.39, 0.29) is 41.1 Å². The van der Waals surface area contributed by atoms with Gasteiger partial charge in [0, 0.05) is 33.1 Å². The monoisotopic (exact) mass is 423 g/mol. The quantitative estimate of drug-likeness (QED) is 0.785. The van der Waals surface area contributed by atoms with Gasteiger partial charge in [-0.15, -0.1) is 0 Å². The molecule has 1 aromatic carbocycles. The molecule has 0 aliphatic carbocycles. The van der Waals surface area contributed by atoms with Crippen LogP contribution >= 0.6 is 0 Å². The van der Waals surface area contributed by atoms with Crippen molar-refractivity contribution in [3.63, 3.8) is 0 Å². The maximum absolute atomic E-state index is 13.0. The Morgan fingerprint density at radius 2 is 1.52 bits per heavy atom. The van der Waals surface area contributed by atoms with Gasteiger partial charge in [-0.25, -0.2) is 8.42 Å². The number of nitrogens with one attached hydrogen (secondary N) is 1. The minimum atomic E-state index is -3.60. The standard InChI is InChI=1S/C21H33N3O4S/c1-15(2)19(22-16(3)25)20(26)23-11-13-24(14-12-23)29(27,28)18-9-7-17(8-10-18)21(4,5)6/h7-10,15,19H,11-14H2,1-6H3,(H,22,25)/t19-/m1/s1. The summed E-state index contributed by atoms with van der Waals surface area (Å²) >= 11 is 0. The number of nitrogens with zero attached hydrogens (tertiary/aromatic N) is 2. The summed E-state index contributed by atoms with van der Waals surface area (Å²) in [4.78, 5) is 26.1. The zero-order valence-corrected chi connectivity index (χ0v) is 19.0. The average molecular weight is 424 g/mol. The van der Waals surface area contributed by atoms with Crippen LogP contribution in [0.25, 0.3) is 0 Å². The molecule has 0 bridgehead atoms. The molecule has 1 N–H and O–H groups in total. The third-order valence-corrected chi connectivity index (χ3v) is 7.11. The summed E-state index contributed by atoms with van der Waals surface area (Å²) in [6.07, 6.45) is 0. The molecule has 1 heterocycles. The topological polar surface area (TPSA) is 86.8 Å². The molecule has 0 spiro atoms. The third kappa shape index (κ3) is 5.57. The fraction of sp³-hybridized carbons (Fsp3) is 0.619. The summed E-state index contributed by atoms with van der Waals surface area (Å²) in [5.74, 6) is -0.465. The van der Waals surface area contributed by atoms with Gasteiger partial charge in [-0.1, -0.05) is 46.8 Å². The predicted octanol–water partition coefficient (Wildman–Crippen LogP) is 1.98. The Kier molecular flexibility index (Phi) is 7.11. The van der Waals surface area contributed by atoms with Crippen LogP contribution in [0.2, 0.25) is 0 Å². The molecule has 1 saturated heterocycles. The molecule has 7 nitrogen and oxygen atoms in total. The van der Waals surface area contributed by atoms with Crippen LogP contribution in [0.15, 0.2) is 29.2 Å². The number of benzene rings is 1. The maximum Gasteiger partial charge on any atom is 0.245 e. The van der Waals surface area contributed by atoms with E-state index in [4.69, 9.17) is 0 Å². The van der Waals surface area contributed by atoms with E-state index in [0.29, 0.717) is 13.1 Å². The van der Waals surface area contributed by atoms with Crippen LogP contribution in [0.4, 0.5) is 0 Å². The lowest BCUT2D eigenvalue weighted by Crippen LogP contribution is -2.56. The Bertz CT molecular complexity index is 834. The molecule has 2 rings (SSSR count). The van der Waals surface area contributed by atoms with E-state index in [2.05, 4.69) is 26.1 Å². The molecule has 1 fully saturated rings. The first-order valence-electron chi connectivity index (χ1n) is 10.0. The van der Waals surface area contributed by atoms with Gasteiger partial charge in [0.25, 0.3) is 0 Å². The molecular formula is C21H33N3O4S. The molecule has 0 unspecified atom stereocenters. The second-order valence-electron chi connectivity index (χ2n) is 8.93. The third-order valence-electron chi connectivity index (χ3n) is 5.20. The molecule has 162 valence electrons. The first kappa shape index (κ1) is 23.3. The van der Waals surface area contributed by atoms with Crippen LogP contribution in [0.5, 0.6) is 0 Å². The number of sulfonamides is 1. The van der Waals surface area contributed by atoms with Crippen LogP contribution < -0.4 is 5.32 Å². The number of rotatable bonds is 5. The highest BCUT2D eigenvalue weighted by Crippen LogP contribution is 2.25. The van der Waals surface area contributed by atoms with Gasteiger partial charge in [0.2, 0.25) is 21.8 Å². The average Bonchev–Trinajstić information content (AvgIpc) is 2.64. The summed E-state index contributed by atoms with van der Waals surface area (Å²) in [7, 11) is -3.60. The fourth-order valence-electron chi connectivity index (χ4n) is 3.35. The van der Waals surface area contributed by atoms with Gasteiger partial charge in [0.05, 0.1) is 4.90 Å². The van der Waals surface area contributed by atoms with Crippen LogP contribution in [0.3, 0.4) is 0 Å². The number of carbonyl (C=O) groups is 2. The van der Waals surface area contributed by atoms with E-state index in [1.54, 1.807) is 17.0 Å². The number of carbonyl (C=O) groups excluding carboxylic acids is 2. The highest BCUT2D eigenvalue weighted by Gasteiger charge is 2.34. The van der Waals surface area contributed by atoms with Gasteiger partial charge in [-0.3, -0.25) is 9.59 Å². The summed E-state index contributed by atoms with van der Waals surface area (Å²) in [6.45, 7) is 12.5. The normalized spacial score (nSPS) is 17.3. The van der Waals surface area contributed by atoms with Gasteiger partial charge < -0.3 is 10.2 Å². The minimum absolute atomic E-state index is 0.0465. The Morgan fingerprint density at radius 1 is 1.00 bits per heavy atom. The van der Waals surface area contributed by atoms with Crippen molar-refractivity contribution in [3.05, 3.63) is 29.8 Å². The van der Waals surface area contributed by atoms with Gasteiger partial charge in [0.15, 0.2) is 0 Å². The van der Waals surface area contributed by atoms with Crippen LogP contribution in [0.1, 0.15) is 47.1 Å². The molecular weight excluding hydrogens is 390 g/mol. The van der Waals surface area contributed by atoms with Crippen LogP contribution in [-0.4, -0.2) is 61.7 Å². The second-order valence-corrected chi connectivity index (χ2v) is 10.9. The first-order chi connectivity index (χ1) is 13.3. The van der Waals surface area contributed by atoms with Crippen LogP contribution in [0, 0.1) is 5.92 Å². The summed E-state index contributed by atoms with van der Waals surface area (Å²) in [5, 5.41) is 2.70. The lowest BCUT2D eigenvalue weighted by molar-refractivity contribution is -0.138. The molecule has 1 aliphatic rings. The number of piperazine rings is 1. The first-order valence-corrected chi connectivity index (χ1v) is 11.4. The molecule has 1 atom stereocenters. The summed E-state index contributed by atoms with van der Waals surface area (Å²) < 4.78 is 27.4. The van der Waals surface area contributed by atoms with Crippen molar-refractivity contribution in [2.45, 2.75) is 57.9 Å².